The lowest BCUT2D eigenvalue weighted by atomic mass is 9.96. The molecule has 22 heavy (non-hydrogen) atoms. The number of methoxy groups -OCH3 is 1. The minimum atomic E-state index is -0.503. The van der Waals surface area contributed by atoms with Crippen molar-refractivity contribution in [1.29, 1.82) is 0 Å². The summed E-state index contributed by atoms with van der Waals surface area (Å²) < 4.78 is 5.33. The molecule has 1 aliphatic rings. The van der Waals surface area contributed by atoms with Gasteiger partial charge < -0.3 is 32.8 Å². The number of phenols is 1. The zero-order valence-electron chi connectivity index (χ0n) is 12.1. The molecule has 0 radical (unpaired) electrons. The minimum Gasteiger partial charge on any atom is -0.508 e. The van der Waals surface area contributed by atoms with E-state index in [1.165, 1.54) is 13.2 Å². The number of nitrogens with two attached hydrogens (primary N) is 4. The summed E-state index contributed by atoms with van der Waals surface area (Å²) in [6, 6.07) is 7.72. The third-order valence-electron chi connectivity index (χ3n) is 3.97. The first-order valence-corrected chi connectivity index (χ1v) is 6.76. The number of hydrogen-bond donors (Lipinski definition) is 5. The Balaban J connectivity index is 2.26. The number of aromatic hydroxyl groups is 1. The maximum absolute atomic E-state index is 9.61. The van der Waals surface area contributed by atoms with Gasteiger partial charge >= 0.3 is 0 Å². The molecule has 6 nitrogen and oxygen atoms in total. The van der Waals surface area contributed by atoms with Crippen molar-refractivity contribution in [2.45, 2.75) is 6.04 Å². The lowest BCUT2D eigenvalue weighted by Crippen LogP contribution is -2.12. The van der Waals surface area contributed by atoms with Crippen LogP contribution in [0.1, 0.15) is 22.7 Å². The number of phenolic OH excluding ortho intramolecular Hbond substituents is 1. The molecule has 2 aromatic rings. The van der Waals surface area contributed by atoms with Crippen molar-refractivity contribution < 1.29 is 9.84 Å². The average molecular weight is 298 g/mol. The zero-order chi connectivity index (χ0) is 16.0. The van der Waals surface area contributed by atoms with E-state index in [9.17, 15) is 5.11 Å². The Bertz CT molecular complexity index is 799. The maximum atomic E-state index is 9.61. The van der Waals surface area contributed by atoms with Crippen LogP contribution in [0.25, 0.3) is 11.3 Å². The number of nitrogen functional groups attached to an aromatic ring is 2. The predicted molar refractivity (Wildman–Crippen MR) is 87.9 cm³/mol. The van der Waals surface area contributed by atoms with Crippen molar-refractivity contribution >= 4 is 22.6 Å². The van der Waals surface area contributed by atoms with Gasteiger partial charge in [0.15, 0.2) is 0 Å². The van der Waals surface area contributed by atoms with Crippen LogP contribution in [0, 0.1) is 0 Å². The third kappa shape index (κ3) is 1.85. The number of benzene rings is 2. The van der Waals surface area contributed by atoms with E-state index in [-0.39, 0.29) is 5.75 Å². The fourth-order valence-electron chi connectivity index (χ4n) is 2.95. The van der Waals surface area contributed by atoms with E-state index in [0.29, 0.717) is 39.5 Å². The SMILES string of the molecule is COc1cc(O)ccc1C1=C(N)c2c(N)ccc(N)c2C1N. The maximum Gasteiger partial charge on any atom is 0.130 e. The van der Waals surface area contributed by atoms with Crippen molar-refractivity contribution in [3.63, 3.8) is 0 Å². The quantitative estimate of drug-likeness (QED) is 0.532. The van der Waals surface area contributed by atoms with E-state index in [1.54, 1.807) is 24.3 Å². The molecular formula is C16H18N4O2. The van der Waals surface area contributed by atoms with Gasteiger partial charge in [0.05, 0.1) is 13.2 Å². The van der Waals surface area contributed by atoms with Gasteiger partial charge in [0.25, 0.3) is 0 Å². The van der Waals surface area contributed by atoms with Crippen LogP contribution in [0.3, 0.4) is 0 Å². The number of fused-ring (bicyclic) bond motifs is 1. The summed E-state index contributed by atoms with van der Waals surface area (Å²) in [6.45, 7) is 0. The molecular weight excluding hydrogens is 280 g/mol. The molecule has 114 valence electrons. The molecule has 2 aromatic carbocycles. The average Bonchev–Trinajstić information content (AvgIpc) is 2.76. The lowest BCUT2D eigenvalue weighted by molar-refractivity contribution is 0.406. The Morgan fingerprint density at radius 2 is 1.73 bits per heavy atom. The number of anilines is 2. The normalized spacial score (nSPS) is 16.7. The second-order valence-electron chi connectivity index (χ2n) is 5.22. The predicted octanol–water partition coefficient (Wildman–Crippen LogP) is 1.41. The highest BCUT2D eigenvalue weighted by Crippen LogP contribution is 2.48. The standard InChI is InChI=1S/C16H18N4O2/c1-22-11-6-7(21)2-3-8(11)12-15(19)13-9(17)4-5-10(18)14(13)16(12)20/h2-6,15,21H,17-20H2,1H3. The van der Waals surface area contributed by atoms with Crippen molar-refractivity contribution in [3.05, 3.63) is 47.0 Å². The molecule has 0 aliphatic heterocycles. The van der Waals surface area contributed by atoms with Crippen LogP contribution in [0.15, 0.2) is 30.3 Å². The fourth-order valence-corrected chi connectivity index (χ4v) is 2.95. The van der Waals surface area contributed by atoms with Crippen LogP contribution in [0.2, 0.25) is 0 Å². The van der Waals surface area contributed by atoms with Gasteiger partial charge in [-0.15, -0.1) is 0 Å². The van der Waals surface area contributed by atoms with E-state index in [2.05, 4.69) is 0 Å². The molecule has 0 bridgehead atoms. The molecule has 0 heterocycles. The molecule has 6 heteroatoms. The number of rotatable bonds is 2. The van der Waals surface area contributed by atoms with Gasteiger partial charge in [-0.1, -0.05) is 0 Å². The molecule has 1 atom stereocenters. The summed E-state index contributed by atoms with van der Waals surface area (Å²) in [5.74, 6) is 0.584. The zero-order valence-corrected chi connectivity index (χ0v) is 12.1. The van der Waals surface area contributed by atoms with Gasteiger partial charge in [0, 0.05) is 45.4 Å². The van der Waals surface area contributed by atoms with Gasteiger partial charge in [0.1, 0.15) is 11.5 Å². The molecule has 0 aromatic heterocycles. The van der Waals surface area contributed by atoms with Crippen molar-refractivity contribution in [3.8, 4) is 11.5 Å². The molecule has 0 fully saturated rings. The van der Waals surface area contributed by atoms with E-state index < -0.39 is 6.04 Å². The minimum absolute atomic E-state index is 0.0999. The number of ether oxygens (including phenoxy) is 1. The topological polar surface area (TPSA) is 134 Å². The van der Waals surface area contributed by atoms with Crippen molar-refractivity contribution in [1.82, 2.24) is 0 Å². The molecule has 0 saturated carbocycles. The van der Waals surface area contributed by atoms with Crippen LogP contribution >= 0.6 is 0 Å². The summed E-state index contributed by atoms with van der Waals surface area (Å²) in [6.07, 6.45) is 0. The van der Waals surface area contributed by atoms with Crippen LogP contribution < -0.4 is 27.7 Å². The molecule has 9 N–H and O–H groups in total. The second kappa shape index (κ2) is 4.85. The molecule has 1 aliphatic carbocycles. The van der Waals surface area contributed by atoms with Gasteiger partial charge in [-0.2, -0.15) is 0 Å². The molecule has 3 rings (SSSR count). The Morgan fingerprint density at radius 1 is 1.05 bits per heavy atom. The van der Waals surface area contributed by atoms with Gasteiger partial charge in [0.2, 0.25) is 0 Å². The van der Waals surface area contributed by atoms with E-state index in [0.717, 1.165) is 5.56 Å². The van der Waals surface area contributed by atoms with E-state index in [4.69, 9.17) is 27.7 Å². The summed E-state index contributed by atoms with van der Waals surface area (Å²) in [4.78, 5) is 0. The Kier molecular flexibility index (Phi) is 3.11. The largest absolute Gasteiger partial charge is 0.508 e. The molecule has 1 unspecified atom stereocenters. The molecule has 0 spiro atoms. The van der Waals surface area contributed by atoms with Crippen LogP contribution in [-0.4, -0.2) is 12.2 Å². The summed E-state index contributed by atoms with van der Waals surface area (Å²) >= 11 is 0. The highest BCUT2D eigenvalue weighted by molar-refractivity contribution is 6.03. The van der Waals surface area contributed by atoms with E-state index in [1.807, 2.05) is 0 Å². The van der Waals surface area contributed by atoms with Gasteiger partial charge in [-0.05, 0) is 24.3 Å². The summed E-state index contributed by atoms with van der Waals surface area (Å²) in [5.41, 5.74) is 29.1. The highest BCUT2D eigenvalue weighted by Gasteiger charge is 2.33. The van der Waals surface area contributed by atoms with Crippen LogP contribution in [0.4, 0.5) is 11.4 Å². The summed E-state index contributed by atoms with van der Waals surface area (Å²) in [5, 5.41) is 9.61. The number of hydrogen-bond acceptors (Lipinski definition) is 6. The first-order valence-electron chi connectivity index (χ1n) is 6.76. The van der Waals surface area contributed by atoms with Crippen molar-refractivity contribution in [2.24, 2.45) is 11.5 Å². The first kappa shape index (κ1) is 14.1. The van der Waals surface area contributed by atoms with Crippen molar-refractivity contribution in [2.75, 3.05) is 18.6 Å². The smallest absolute Gasteiger partial charge is 0.130 e. The third-order valence-corrected chi connectivity index (χ3v) is 3.97. The Morgan fingerprint density at radius 3 is 2.36 bits per heavy atom. The Hall–Kier alpha value is -2.86. The molecule has 0 amide bonds. The first-order chi connectivity index (χ1) is 10.5. The van der Waals surface area contributed by atoms with Crippen LogP contribution in [0.5, 0.6) is 11.5 Å². The van der Waals surface area contributed by atoms with Gasteiger partial charge in [-0.3, -0.25) is 0 Å². The Labute approximate surface area is 128 Å². The summed E-state index contributed by atoms with van der Waals surface area (Å²) in [7, 11) is 1.52. The van der Waals surface area contributed by atoms with E-state index >= 15 is 0 Å². The fraction of sp³-hybridized carbons (Fsp3) is 0.125. The van der Waals surface area contributed by atoms with Crippen LogP contribution in [-0.2, 0) is 0 Å². The highest BCUT2D eigenvalue weighted by atomic mass is 16.5. The monoisotopic (exact) mass is 298 g/mol. The van der Waals surface area contributed by atoms with Gasteiger partial charge in [-0.25, -0.2) is 0 Å². The molecule has 0 saturated heterocycles. The second-order valence-corrected chi connectivity index (χ2v) is 5.22. The lowest BCUT2D eigenvalue weighted by Gasteiger charge is -2.16.